The van der Waals surface area contributed by atoms with E-state index in [1.54, 1.807) is 5.57 Å². The van der Waals surface area contributed by atoms with Gasteiger partial charge >= 0.3 is 0 Å². The number of fused-ring (bicyclic) bond motifs is 2. The molecule has 2 nitrogen and oxygen atoms in total. The van der Waals surface area contributed by atoms with Crippen molar-refractivity contribution in [1.82, 2.24) is 4.90 Å². The highest BCUT2D eigenvalue weighted by Crippen LogP contribution is 2.69. The summed E-state index contributed by atoms with van der Waals surface area (Å²) < 4.78 is 21.5. The number of hydrogen-bond acceptors (Lipinski definition) is 2. The first-order valence-electron chi connectivity index (χ1n) is 14.5. The Morgan fingerprint density at radius 2 is 1.89 bits per heavy atom. The Labute approximate surface area is 214 Å². The summed E-state index contributed by atoms with van der Waals surface area (Å²) in [5.41, 5.74) is 4.57. The minimum atomic E-state index is -0.638. The monoisotopic (exact) mass is 483 g/mol. The van der Waals surface area contributed by atoms with Crippen LogP contribution in [-0.2, 0) is 4.74 Å². The van der Waals surface area contributed by atoms with E-state index >= 15 is 0 Å². The molecule has 2 saturated heterocycles. The van der Waals surface area contributed by atoms with E-state index in [1.807, 2.05) is 0 Å². The van der Waals surface area contributed by atoms with E-state index in [4.69, 9.17) is 4.74 Å². The lowest BCUT2D eigenvalue weighted by atomic mass is 9.58. The summed E-state index contributed by atoms with van der Waals surface area (Å²) >= 11 is 0. The Balaban J connectivity index is 1.14. The van der Waals surface area contributed by atoms with E-state index in [0.717, 1.165) is 45.1 Å². The Kier molecular flexibility index (Phi) is 4.62. The quantitative estimate of drug-likeness (QED) is 0.439. The van der Waals surface area contributed by atoms with E-state index in [1.165, 1.54) is 34.8 Å². The number of alkyl halides is 1. The van der Waals surface area contributed by atoms with E-state index in [0.29, 0.717) is 30.8 Å². The summed E-state index contributed by atoms with van der Waals surface area (Å²) in [6.45, 7) is 4.12. The highest BCUT2D eigenvalue weighted by Gasteiger charge is 2.66. The van der Waals surface area contributed by atoms with Crippen molar-refractivity contribution >= 4 is 10.8 Å². The third kappa shape index (κ3) is 2.91. The van der Waals surface area contributed by atoms with Gasteiger partial charge in [0.05, 0.1) is 11.2 Å². The van der Waals surface area contributed by atoms with Crippen molar-refractivity contribution in [3.8, 4) is 0 Å². The zero-order valence-electron chi connectivity index (χ0n) is 21.5. The second kappa shape index (κ2) is 7.54. The van der Waals surface area contributed by atoms with Gasteiger partial charge in [-0.15, -0.1) is 0 Å². The van der Waals surface area contributed by atoms with Crippen LogP contribution in [0.1, 0.15) is 76.2 Å². The van der Waals surface area contributed by atoms with Crippen molar-refractivity contribution in [3.63, 3.8) is 0 Å². The van der Waals surface area contributed by atoms with Crippen LogP contribution in [0.25, 0.3) is 10.8 Å². The van der Waals surface area contributed by atoms with Gasteiger partial charge in [0.15, 0.2) is 0 Å². The molecule has 36 heavy (non-hydrogen) atoms. The molecule has 2 saturated carbocycles. The van der Waals surface area contributed by atoms with Crippen molar-refractivity contribution in [2.24, 2.45) is 11.3 Å². The van der Waals surface area contributed by atoms with Gasteiger partial charge in [0, 0.05) is 19.1 Å². The Morgan fingerprint density at radius 1 is 1.00 bits per heavy atom. The van der Waals surface area contributed by atoms with Gasteiger partial charge in [0.25, 0.3) is 0 Å². The highest BCUT2D eigenvalue weighted by atomic mass is 19.1. The molecule has 3 aliphatic carbocycles. The number of hydrogen-bond donors (Lipinski definition) is 0. The SMILES string of the molecule is C[C@]12CC=C3C=C4CC[C@@H](N5CC[C@H](F)C5)C[C@]45CCC3(O5)[C@@H]1CCC2c1ccc2ccccc2c1. The van der Waals surface area contributed by atoms with Crippen molar-refractivity contribution in [2.75, 3.05) is 13.1 Å². The van der Waals surface area contributed by atoms with Crippen LogP contribution in [0.3, 0.4) is 0 Å². The highest BCUT2D eigenvalue weighted by molar-refractivity contribution is 5.83. The van der Waals surface area contributed by atoms with Gasteiger partial charge in [-0.25, -0.2) is 4.39 Å². The van der Waals surface area contributed by atoms with Crippen LogP contribution in [-0.4, -0.2) is 41.4 Å². The second-order valence-corrected chi connectivity index (χ2v) is 13.1. The molecule has 2 bridgehead atoms. The standard InChI is InChI=1S/C33H38FNO/c1-31-14-12-26-19-25-8-9-28(35-17-13-27(34)21-35)20-32(25)15-16-33(26,36-32)30(31)11-10-29(31)24-7-6-22-4-2-3-5-23(22)18-24/h2-7,12,18-19,27-30H,8-11,13-17,20-21H2,1H3/t27-,28+,29?,30+,31+,32+,33?/m0/s1. The Hall–Kier alpha value is -1.97. The summed E-state index contributed by atoms with van der Waals surface area (Å²) in [6, 6.07) is 16.4. The lowest BCUT2D eigenvalue weighted by Crippen LogP contribution is -2.55. The molecule has 2 aromatic carbocycles. The number of allylic oxidation sites excluding steroid dienone is 1. The van der Waals surface area contributed by atoms with Gasteiger partial charge in [-0.05, 0) is 103 Å². The van der Waals surface area contributed by atoms with Crippen LogP contribution in [0.4, 0.5) is 4.39 Å². The molecule has 3 aliphatic heterocycles. The number of nitrogens with zero attached hydrogens (tertiary/aromatic N) is 1. The summed E-state index contributed by atoms with van der Waals surface area (Å²) in [6.07, 6.45) is 14.5. The molecule has 188 valence electrons. The molecule has 0 radical (unpaired) electrons. The Bertz CT molecular complexity index is 1300. The number of benzene rings is 2. The first kappa shape index (κ1) is 22.1. The molecule has 0 aromatic heterocycles. The van der Waals surface area contributed by atoms with E-state index in [2.05, 4.69) is 66.4 Å². The molecule has 4 fully saturated rings. The molecule has 6 aliphatic rings. The van der Waals surface area contributed by atoms with Gasteiger partial charge in [0.1, 0.15) is 6.17 Å². The predicted molar refractivity (Wildman–Crippen MR) is 143 cm³/mol. The smallest absolute Gasteiger partial charge is 0.114 e. The number of likely N-dealkylation sites (tertiary alicyclic amines) is 1. The topological polar surface area (TPSA) is 12.5 Å². The first-order chi connectivity index (χ1) is 17.5. The minimum Gasteiger partial charge on any atom is -0.359 e. The van der Waals surface area contributed by atoms with E-state index in [-0.39, 0.29) is 16.6 Å². The maximum atomic E-state index is 14.0. The largest absolute Gasteiger partial charge is 0.359 e. The van der Waals surface area contributed by atoms with Crippen LogP contribution in [0.5, 0.6) is 0 Å². The van der Waals surface area contributed by atoms with Gasteiger partial charge in [0.2, 0.25) is 0 Å². The van der Waals surface area contributed by atoms with Crippen LogP contribution in [0.15, 0.2) is 65.8 Å². The summed E-state index contributed by atoms with van der Waals surface area (Å²) in [7, 11) is 0. The molecule has 0 N–H and O–H groups in total. The Morgan fingerprint density at radius 3 is 2.75 bits per heavy atom. The molecule has 3 heteroatoms. The van der Waals surface area contributed by atoms with Crippen molar-refractivity contribution in [2.45, 2.75) is 94.0 Å². The molecule has 2 unspecified atom stereocenters. The lowest BCUT2D eigenvalue weighted by molar-refractivity contribution is -0.140. The zero-order chi connectivity index (χ0) is 24.1. The van der Waals surface area contributed by atoms with Crippen molar-refractivity contribution < 1.29 is 9.13 Å². The average molecular weight is 484 g/mol. The fraction of sp³-hybridized carbons (Fsp3) is 0.576. The third-order valence-electron chi connectivity index (χ3n) is 11.5. The molecule has 2 aromatic rings. The predicted octanol–water partition coefficient (Wildman–Crippen LogP) is 7.49. The van der Waals surface area contributed by atoms with E-state index in [9.17, 15) is 4.39 Å². The number of rotatable bonds is 2. The van der Waals surface area contributed by atoms with E-state index < -0.39 is 6.17 Å². The molecular formula is C33H38FNO. The summed E-state index contributed by atoms with van der Waals surface area (Å²) in [5, 5.41) is 2.69. The average Bonchev–Trinajstić information content (AvgIpc) is 3.57. The maximum Gasteiger partial charge on any atom is 0.114 e. The van der Waals surface area contributed by atoms with Gasteiger partial charge < -0.3 is 4.74 Å². The molecule has 8 rings (SSSR count). The molecule has 3 heterocycles. The molecule has 7 atom stereocenters. The zero-order valence-corrected chi connectivity index (χ0v) is 21.5. The third-order valence-corrected chi connectivity index (χ3v) is 11.5. The molecule has 2 spiro atoms. The second-order valence-electron chi connectivity index (χ2n) is 13.1. The summed E-state index contributed by atoms with van der Waals surface area (Å²) in [4.78, 5) is 2.44. The fourth-order valence-corrected chi connectivity index (χ4v) is 9.74. The van der Waals surface area contributed by atoms with Crippen LogP contribution < -0.4 is 0 Å². The van der Waals surface area contributed by atoms with Crippen LogP contribution in [0, 0.1) is 11.3 Å². The number of ether oxygens (including phenoxy) is 1. The first-order valence-corrected chi connectivity index (χ1v) is 14.5. The molecule has 0 amide bonds. The molecular weight excluding hydrogens is 445 g/mol. The maximum absolute atomic E-state index is 14.0. The number of halogens is 1. The van der Waals surface area contributed by atoms with Crippen molar-refractivity contribution in [3.05, 3.63) is 71.3 Å². The normalized spacial score (nSPS) is 43.6. The van der Waals surface area contributed by atoms with Gasteiger partial charge in [-0.2, -0.15) is 0 Å². The van der Waals surface area contributed by atoms with Crippen molar-refractivity contribution in [1.29, 1.82) is 0 Å². The fourth-order valence-electron chi connectivity index (χ4n) is 9.74. The summed E-state index contributed by atoms with van der Waals surface area (Å²) in [5.74, 6) is 1.15. The lowest BCUT2D eigenvalue weighted by Gasteiger charge is -2.55. The van der Waals surface area contributed by atoms with Crippen LogP contribution >= 0.6 is 0 Å². The van der Waals surface area contributed by atoms with Gasteiger partial charge in [-0.3, -0.25) is 4.90 Å². The minimum absolute atomic E-state index is 0.103. The van der Waals surface area contributed by atoms with Gasteiger partial charge in [-0.1, -0.05) is 61.5 Å². The van der Waals surface area contributed by atoms with Crippen LogP contribution in [0.2, 0.25) is 0 Å².